The summed E-state index contributed by atoms with van der Waals surface area (Å²) >= 11 is 0. The molecule has 1 aliphatic heterocycles. The van der Waals surface area contributed by atoms with Gasteiger partial charge in [-0.3, -0.25) is 9.88 Å². The van der Waals surface area contributed by atoms with Crippen molar-refractivity contribution < 1.29 is 14.2 Å². The molecule has 0 saturated carbocycles. The average molecular weight is 357 g/mol. The van der Waals surface area contributed by atoms with Crippen LogP contribution in [0.25, 0.3) is 0 Å². The highest BCUT2D eigenvalue weighted by Crippen LogP contribution is 2.41. The summed E-state index contributed by atoms with van der Waals surface area (Å²) in [5, 5.41) is 3.42. The topological polar surface area (TPSA) is 55.9 Å². The molecule has 6 nitrogen and oxygen atoms in total. The van der Waals surface area contributed by atoms with Gasteiger partial charge in [0.1, 0.15) is 0 Å². The van der Waals surface area contributed by atoms with Crippen molar-refractivity contribution in [3.8, 4) is 17.2 Å². The minimum atomic E-state index is 0.195. The summed E-state index contributed by atoms with van der Waals surface area (Å²) in [5.41, 5.74) is 2.22. The summed E-state index contributed by atoms with van der Waals surface area (Å²) in [6.45, 7) is 3.97. The van der Waals surface area contributed by atoms with E-state index in [4.69, 9.17) is 14.2 Å². The van der Waals surface area contributed by atoms with Crippen LogP contribution in [0.1, 0.15) is 17.3 Å². The van der Waals surface area contributed by atoms with Gasteiger partial charge in [-0.05, 0) is 29.8 Å². The summed E-state index contributed by atoms with van der Waals surface area (Å²) < 4.78 is 16.6. The van der Waals surface area contributed by atoms with Crippen LogP contribution < -0.4 is 19.5 Å². The minimum absolute atomic E-state index is 0.195. The Bertz CT molecular complexity index is 678. The first-order valence-corrected chi connectivity index (χ1v) is 8.91. The van der Waals surface area contributed by atoms with Gasteiger partial charge in [0.2, 0.25) is 5.75 Å². The Balaban J connectivity index is 2.00. The fourth-order valence-corrected chi connectivity index (χ4v) is 3.46. The van der Waals surface area contributed by atoms with Crippen LogP contribution in [0, 0.1) is 0 Å². The molecule has 26 heavy (non-hydrogen) atoms. The zero-order valence-corrected chi connectivity index (χ0v) is 15.7. The number of hydrogen-bond donors (Lipinski definition) is 1. The van der Waals surface area contributed by atoms with Gasteiger partial charge in [0, 0.05) is 50.5 Å². The van der Waals surface area contributed by atoms with E-state index in [2.05, 4.69) is 33.4 Å². The van der Waals surface area contributed by atoms with E-state index in [0.717, 1.165) is 43.9 Å². The number of hydrogen-bond acceptors (Lipinski definition) is 6. The molecule has 0 spiro atoms. The predicted molar refractivity (Wildman–Crippen MR) is 101 cm³/mol. The van der Waals surface area contributed by atoms with Crippen LogP contribution in [0.2, 0.25) is 0 Å². The van der Waals surface area contributed by atoms with E-state index in [1.54, 1.807) is 21.3 Å². The van der Waals surface area contributed by atoms with Crippen molar-refractivity contribution in [3.63, 3.8) is 0 Å². The number of piperazine rings is 1. The smallest absolute Gasteiger partial charge is 0.203 e. The van der Waals surface area contributed by atoms with Crippen LogP contribution >= 0.6 is 0 Å². The Hall–Kier alpha value is -2.31. The third kappa shape index (κ3) is 4.08. The lowest BCUT2D eigenvalue weighted by atomic mass is 9.98. The van der Waals surface area contributed by atoms with Crippen molar-refractivity contribution in [2.45, 2.75) is 12.5 Å². The van der Waals surface area contributed by atoms with Crippen molar-refractivity contribution in [2.75, 3.05) is 47.5 Å². The van der Waals surface area contributed by atoms with Gasteiger partial charge in [-0.15, -0.1) is 0 Å². The van der Waals surface area contributed by atoms with Gasteiger partial charge in [-0.2, -0.15) is 0 Å². The number of pyridine rings is 1. The second kappa shape index (κ2) is 8.87. The second-order valence-electron chi connectivity index (χ2n) is 6.29. The fraction of sp³-hybridized carbons (Fsp3) is 0.450. The normalized spacial score (nSPS) is 16.1. The first kappa shape index (κ1) is 18.5. The van der Waals surface area contributed by atoms with E-state index in [1.807, 2.05) is 18.3 Å². The lowest BCUT2D eigenvalue weighted by molar-refractivity contribution is 0.171. The molecule has 0 amide bonds. The van der Waals surface area contributed by atoms with Gasteiger partial charge in [-0.1, -0.05) is 6.07 Å². The average Bonchev–Trinajstić information content (AvgIpc) is 2.72. The monoisotopic (exact) mass is 357 g/mol. The maximum Gasteiger partial charge on any atom is 0.203 e. The van der Waals surface area contributed by atoms with E-state index in [1.165, 1.54) is 0 Å². The zero-order chi connectivity index (χ0) is 18.4. The van der Waals surface area contributed by atoms with Crippen LogP contribution in [0.4, 0.5) is 0 Å². The number of nitrogens with one attached hydrogen (secondary N) is 1. The van der Waals surface area contributed by atoms with Crippen LogP contribution in [-0.2, 0) is 6.42 Å². The summed E-state index contributed by atoms with van der Waals surface area (Å²) in [6, 6.07) is 10.4. The number of methoxy groups -OCH3 is 3. The zero-order valence-electron chi connectivity index (χ0n) is 15.7. The Morgan fingerprint density at radius 1 is 1.04 bits per heavy atom. The summed E-state index contributed by atoms with van der Waals surface area (Å²) in [5.74, 6) is 1.99. The van der Waals surface area contributed by atoms with E-state index >= 15 is 0 Å². The van der Waals surface area contributed by atoms with Crippen molar-refractivity contribution in [1.82, 2.24) is 15.2 Å². The number of ether oxygens (including phenoxy) is 3. The van der Waals surface area contributed by atoms with Gasteiger partial charge in [0.15, 0.2) is 11.5 Å². The Labute approximate surface area is 155 Å². The van der Waals surface area contributed by atoms with Crippen molar-refractivity contribution in [1.29, 1.82) is 0 Å². The molecule has 1 N–H and O–H groups in total. The molecular formula is C20H27N3O3. The number of rotatable bonds is 7. The van der Waals surface area contributed by atoms with E-state index in [0.29, 0.717) is 17.2 Å². The maximum atomic E-state index is 5.56. The first-order chi connectivity index (χ1) is 12.8. The Kier molecular flexibility index (Phi) is 6.30. The van der Waals surface area contributed by atoms with Gasteiger partial charge in [0.25, 0.3) is 0 Å². The molecule has 1 unspecified atom stereocenters. The lowest BCUT2D eigenvalue weighted by Crippen LogP contribution is -2.45. The molecule has 2 heterocycles. The van der Waals surface area contributed by atoms with Gasteiger partial charge >= 0.3 is 0 Å². The van der Waals surface area contributed by atoms with Gasteiger partial charge in [-0.25, -0.2) is 0 Å². The van der Waals surface area contributed by atoms with Crippen LogP contribution in [-0.4, -0.2) is 57.4 Å². The molecule has 0 radical (unpaired) electrons. The van der Waals surface area contributed by atoms with E-state index in [-0.39, 0.29) is 6.04 Å². The third-order valence-corrected chi connectivity index (χ3v) is 4.79. The SMILES string of the molecule is COc1cc(C(Cc2ccccn2)N2CCNCC2)cc(OC)c1OC. The molecule has 1 fully saturated rings. The second-order valence-corrected chi connectivity index (χ2v) is 6.29. The first-order valence-electron chi connectivity index (χ1n) is 8.91. The Morgan fingerprint density at radius 3 is 2.27 bits per heavy atom. The van der Waals surface area contributed by atoms with Gasteiger partial charge in [0.05, 0.1) is 21.3 Å². The quantitative estimate of drug-likeness (QED) is 0.821. The summed E-state index contributed by atoms with van der Waals surface area (Å²) in [7, 11) is 4.93. The molecule has 1 aromatic heterocycles. The largest absolute Gasteiger partial charge is 0.493 e. The number of aromatic nitrogens is 1. The standard InChI is InChI=1S/C20H27N3O3/c1-24-18-12-15(13-19(25-2)20(18)26-3)17(23-10-8-21-9-11-23)14-16-6-4-5-7-22-16/h4-7,12-13,17,21H,8-11,14H2,1-3H3. The van der Waals surface area contributed by atoms with Crippen molar-refractivity contribution in [3.05, 3.63) is 47.8 Å². The van der Waals surface area contributed by atoms with Crippen molar-refractivity contribution in [2.24, 2.45) is 0 Å². The highest BCUT2D eigenvalue weighted by Gasteiger charge is 2.26. The van der Waals surface area contributed by atoms with Gasteiger partial charge < -0.3 is 19.5 Å². The van der Waals surface area contributed by atoms with Crippen LogP contribution in [0.15, 0.2) is 36.5 Å². The lowest BCUT2D eigenvalue weighted by Gasteiger charge is -2.35. The minimum Gasteiger partial charge on any atom is -0.493 e. The third-order valence-electron chi connectivity index (χ3n) is 4.79. The van der Waals surface area contributed by atoms with Crippen LogP contribution in [0.3, 0.4) is 0 Å². The molecule has 1 atom stereocenters. The molecular weight excluding hydrogens is 330 g/mol. The molecule has 1 saturated heterocycles. The summed E-state index contributed by atoms with van der Waals surface area (Å²) in [4.78, 5) is 7.02. The summed E-state index contributed by atoms with van der Waals surface area (Å²) in [6.07, 6.45) is 2.68. The highest BCUT2D eigenvalue weighted by molar-refractivity contribution is 5.54. The molecule has 140 valence electrons. The van der Waals surface area contributed by atoms with E-state index < -0.39 is 0 Å². The molecule has 0 bridgehead atoms. The van der Waals surface area contributed by atoms with E-state index in [9.17, 15) is 0 Å². The van der Waals surface area contributed by atoms with Crippen LogP contribution in [0.5, 0.6) is 17.2 Å². The van der Waals surface area contributed by atoms with Crippen molar-refractivity contribution >= 4 is 0 Å². The highest BCUT2D eigenvalue weighted by atomic mass is 16.5. The molecule has 6 heteroatoms. The fourth-order valence-electron chi connectivity index (χ4n) is 3.46. The molecule has 0 aliphatic carbocycles. The molecule has 1 aliphatic rings. The maximum absolute atomic E-state index is 5.56. The molecule has 3 rings (SSSR count). The molecule has 2 aromatic rings. The Morgan fingerprint density at radius 2 is 1.73 bits per heavy atom. The number of benzene rings is 1. The molecule has 1 aromatic carbocycles. The predicted octanol–water partition coefficient (Wildman–Crippen LogP) is 2.30. The number of nitrogens with zero attached hydrogens (tertiary/aromatic N) is 2.